The number of hydrogen-bond acceptors (Lipinski definition) is 2. The van der Waals surface area contributed by atoms with Gasteiger partial charge in [0.1, 0.15) is 0 Å². The van der Waals surface area contributed by atoms with Crippen molar-refractivity contribution in [2.45, 2.75) is 38.8 Å². The molecule has 1 amide bonds. The Labute approximate surface area is 129 Å². The molecule has 0 saturated heterocycles. The monoisotopic (exact) mass is 308 g/mol. The molecule has 0 saturated carbocycles. The third-order valence-corrected chi connectivity index (χ3v) is 3.82. The van der Waals surface area contributed by atoms with Gasteiger partial charge in [-0.25, -0.2) is 0 Å². The highest BCUT2D eigenvalue weighted by Crippen LogP contribution is 2.20. The summed E-state index contributed by atoms with van der Waals surface area (Å²) in [6.45, 7) is 3.08. The molecule has 21 heavy (non-hydrogen) atoms. The smallest absolute Gasteiger partial charge is 0.221 e. The molecule has 0 bridgehead atoms. The average molecular weight is 309 g/mol. The van der Waals surface area contributed by atoms with Gasteiger partial charge in [0, 0.05) is 41.6 Å². The third-order valence-electron chi connectivity index (χ3n) is 3.58. The number of halogens is 1. The molecule has 0 aliphatic rings. The zero-order chi connectivity index (χ0) is 15.2. The van der Waals surface area contributed by atoms with Crippen molar-refractivity contribution in [3.63, 3.8) is 0 Å². The van der Waals surface area contributed by atoms with Crippen LogP contribution < -0.4 is 5.32 Å². The molecule has 1 aromatic carbocycles. The van der Waals surface area contributed by atoms with Crippen LogP contribution in [0.1, 0.15) is 26.2 Å². The molecule has 0 aliphatic carbocycles. The summed E-state index contributed by atoms with van der Waals surface area (Å²) in [6.07, 6.45) is 3.38. The highest BCUT2D eigenvalue weighted by molar-refractivity contribution is 6.31. The van der Waals surface area contributed by atoms with Crippen LogP contribution in [0.25, 0.3) is 10.9 Å². The van der Waals surface area contributed by atoms with Gasteiger partial charge in [-0.2, -0.15) is 0 Å². The first-order chi connectivity index (χ1) is 10.1. The van der Waals surface area contributed by atoms with Gasteiger partial charge in [-0.15, -0.1) is 0 Å². The molecule has 2 rings (SSSR count). The van der Waals surface area contributed by atoms with Crippen molar-refractivity contribution >= 4 is 28.4 Å². The van der Waals surface area contributed by atoms with Crippen LogP contribution in [0.4, 0.5) is 0 Å². The number of hydrogen-bond donors (Lipinski definition) is 2. The molecule has 0 radical (unpaired) electrons. The first-order valence-corrected chi connectivity index (χ1v) is 7.67. The van der Waals surface area contributed by atoms with E-state index in [1.807, 2.05) is 42.0 Å². The number of carbonyl (C=O) groups excluding carboxylic acids is 1. The predicted molar refractivity (Wildman–Crippen MR) is 85.5 cm³/mol. The molecular formula is C16H21ClN2O2. The van der Waals surface area contributed by atoms with E-state index >= 15 is 0 Å². The van der Waals surface area contributed by atoms with Crippen LogP contribution in [0.15, 0.2) is 30.5 Å². The second-order valence-corrected chi connectivity index (χ2v) is 5.60. The molecule has 2 N–H and O–H groups in total. The molecule has 1 atom stereocenters. The Bertz CT molecular complexity index is 609. The van der Waals surface area contributed by atoms with Gasteiger partial charge in [0.25, 0.3) is 0 Å². The van der Waals surface area contributed by atoms with Crippen LogP contribution in [0.2, 0.25) is 5.02 Å². The summed E-state index contributed by atoms with van der Waals surface area (Å²) in [5.41, 5.74) is 1.08. The third kappa shape index (κ3) is 4.48. The number of aromatic nitrogens is 1. The minimum absolute atomic E-state index is 0.00844. The highest BCUT2D eigenvalue weighted by Gasteiger charge is 2.06. The summed E-state index contributed by atoms with van der Waals surface area (Å²) in [5, 5.41) is 14.1. The van der Waals surface area contributed by atoms with Gasteiger partial charge >= 0.3 is 0 Å². The minimum Gasteiger partial charge on any atom is -0.393 e. The zero-order valence-corrected chi connectivity index (χ0v) is 12.9. The van der Waals surface area contributed by atoms with E-state index in [2.05, 4.69) is 5.32 Å². The molecule has 0 fully saturated rings. The van der Waals surface area contributed by atoms with Crippen molar-refractivity contribution < 1.29 is 9.90 Å². The number of nitrogens with zero attached hydrogens (tertiary/aromatic N) is 1. The Morgan fingerprint density at radius 2 is 2.24 bits per heavy atom. The van der Waals surface area contributed by atoms with Crippen molar-refractivity contribution in [3.05, 3.63) is 35.5 Å². The van der Waals surface area contributed by atoms with Gasteiger partial charge in [0.2, 0.25) is 5.91 Å². The van der Waals surface area contributed by atoms with E-state index in [1.165, 1.54) is 0 Å². The topological polar surface area (TPSA) is 54.3 Å². The van der Waals surface area contributed by atoms with Gasteiger partial charge in [-0.1, -0.05) is 18.5 Å². The molecule has 1 unspecified atom stereocenters. The standard InChI is InChI=1S/C16H21ClN2O2/c1-2-14(20)5-8-18-16(21)7-10-19-9-6-12-11-13(17)3-4-15(12)19/h3-4,6,9,11,14,20H,2,5,7-8,10H2,1H3,(H,18,21). The molecule has 0 aliphatic heterocycles. The van der Waals surface area contributed by atoms with Crippen LogP contribution in [-0.4, -0.2) is 28.2 Å². The SMILES string of the molecule is CCC(O)CCNC(=O)CCn1ccc2cc(Cl)ccc21. The maximum absolute atomic E-state index is 11.8. The van der Waals surface area contributed by atoms with Gasteiger partial charge < -0.3 is 15.0 Å². The number of aryl methyl sites for hydroxylation is 1. The van der Waals surface area contributed by atoms with Crippen LogP contribution in [0, 0.1) is 0 Å². The van der Waals surface area contributed by atoms with Gasteiger partial charge in [-0.3, -0.25) is 4.79 Å². The van der Waals surface area contributed by atoms with E-state index in [9.17, 15) is 9.90 Å². The maximum atomic E-state index is 11.8. The average Bonchev–Trinajstić information content (AvgIpc) is 2.87. The van der Waals surface area contributed by atoms with E-state index in [-0.39, 0.29) is 12.0 Å². The van der Waals surface area contributed by atoms with Crippen LogP contribution in [0.3, 0.4) is 0 Å². The number of nitrogens with one attached hydrogen (secondary N) is 1. The van der Waals surface area contributed by atoms with Crippen LogP contribution in [-0.2, 0) is 11.3 Å². The molecule has 1 heterocycles. The fraction of sp³-hybridized carbons (Fsp3) is 0.438. The first kappa shape index (κ1) is 15.9. The molecule has 1 aromatic heterocycles. The summed E-state index contributed by atoms with van der Waals surface area (Å²) in [4.78, 5) is 11.8. The summed E-state index contributed by atoms with van der Waals surface area (Å²) in [7, 11) is 0. The summed E-state index contributed by atoms with van der Waals surface area (Å²) < 4.78 is 2.05. The normalized spacial score (nSPS) is 12.5. The Morgan fingerprint density at radius 1 is 1.43 bits per heavy atom. The van der Waals surface area contributed by atoms with Crippen molar-refractivity contribution in [1.29, 1.82) is 0 Å². The fourth-order valence-corrected chi connectivity index (χ4v) is 2.44. The highest BCUT2D eigenvalue weighted by atomic mass is 35.5. The van der Waals surface area contributed by atoms with Crippen molar-refractivity contribution in [2.75, 3.05) is 6.54 Å². The lowest BCUT2D eigenvalue weighted by molar-refractivity contribution is -0.121. The molecule has 114 valence electrons. The van der Waals surface area contributed by atoms with Gasteiger partial charge in [0.05, 0.1) is 6.10 Å². The summed E-state index contributed by atoms with van der Waals surface area (Å²) in [5.74, 6) is 0.00844. The van der Waals surface area contributed by atoms with E-state index in [0.717, 1.165) is 10.9 Å². The van der Waals surface area contributed by atoms with Crippen LogP contribution >= 0.6 is 11.6 Å². The first-order valence-electron chi connectivity index (χ1n) is 7.29. The Kier molecular flexibility index (Phi) is 5.65. The Morgan fingerprint density at radius 3 is 3.00 bits per heavy atom. The molecular weight excluding hydrogens is 288 g/mol. The van der Waals surface area contributed by atoms with Crippen molar-refractivity contribution in [1.82, 2.24) is 9.88 Å². The van der Waals surface area contributed by atoms with E-state index in [4.69, 9.17) is 11.6 Å². The largest absolute Gasteiger partial charge is 0.393 e. The molecule has 4 nitrogen and oxygen atoms in total. The number of benzene rings is 1. The number of fused-ring (bicyclic) bond motifs is 1. The Balaban J connectivity index is 1.83. The van der Waals surface area contributed by atoms with E-state index in [0.29, 0.717) is 37.4 Å². The maximum Gasteiger partial charge on any atom is 0.221 e. The minimum atomic E-state index is -0.330. The second-order valence-electron chi connectivity index (χ2n) is 5.16. The molecule has 0 spiro atoms. The number of rotatable bonds is 7. The molecule has 5 heteroatoms. The van der Waals surface area contributed by atoms with E-state index < -0.39 is 0 Å². The predicted octanol–water partition coefficient (Wildman–Crippen LogP) is 2.96. The second kappa shape index (κ2) is 7.48. The number of carbonyl (C=O) groups is 1. The summed E-state index contributed by atoms with van der Waals surface area (Å²) in [6, 6.07) is 7.73. The van der Waals surface area contributed by atoms with E-state index in [1.54, 1.807) is 0 Å². The fourth-order valence-electron chi connectivity index (χ4n) is 2.26. The van der Waals surface area contributed by atoms with Gasteiger partial charge in [-0.05, 0) is 37.1 Å². The van der Waals surface area contributed by atoms with Crippen molar-refractivity contribution in [2.24, 2.45) is 0 Å². The van der Waals surface area contributed by atoms with Gasteiger partial charge in [0.15, 0.2) is 0 Å². The Hall–Kier alpha value is -1.52. The van der Waals surface area contributed by atoms with Crippen LogP contribution in [0.5, 0.6) is 0 Å². The number of aliphatic hydroxyl groups excluding tert-OH is 1. The number of amides is 1. The number of aliphatic hydroxyl groups is 1. The lowest BCUT2D eigenvalue weighted by Gasteiger charge is -2.09. The summed E-state index contributed by atoms with van der Waals surface area (Å²) >= 11 is 5.96. The molecule has 2 aromatic rings. The lowest BCUT2D eigenvalue weighted by atomic mass is 10.2. The lowest BCUT2D eigenvalue weighted by Crippen LogP contribution is -2.27. The zero-order valence-electron chi connectivity index (χ0n) is 12.2. The quantitative estimate of drug-likeness (QED) is 0.826. The van der Waals surface area contributed by atoms with Crippen molar-refractivity contribution in [3.8, 4) is 0 Å².